The minimum Gasteiger partial charge on any atom is -0.377 e. The molecule has 0 saturated heterocycles. The number of anilines is 1. The van der Waals surface area contributed by atoms with Gasteiger partial charge in [-0.05, 0) is 35.8 Å². The van der Waals surface area contributed by atoms with Gasteiger partial charge in [0.05, 0.1) is 6.10 Å². The van der Waals surface area contributed by atoms with Crippen molar-refractivity contribution >= 4 is 31.8 Å². The fourth-order valence-electron chi connectivity index (χ4n) is 1.38. The van der Waals surface area contributed by atoms with Gasteiger partial charge in [0.1, 0.15) is 4.90 Å². The summed E-state index contributed by atoms with van der Waals surface area (Å²) >= 11 is 3.17. The van der Waals surface area contributed by atoms with Crippen LogP contribution < -0.4 is 16.0 Å². The number of pyridine rings is 1. The van der Waals surface area contributed by atoms with Crippen LogP contribution in [-0.2, 0) is 14.8 Å². The molecule has 1 unspecified atom stereocenters. The Morgan fingerprint density at radius 2 is 2.26 bits per heavy atom. The molecule has 0 radical (unpaired) electrons. The highest BCUT2D eigenvalue weighted by Crippen LogP contribution is 2.21. The molecule has 0 fully saturated rings. The summed E-state index contributed by atoms with van der Waals surface area (Å²) in [5, 5.41) is 0. The summed E-state index contributed by atoms with van der Waals surface area (Å²) in [5.74, 6) is 5.34. The van der Waals surface area contributed by atoms with Crippen LogP contribution in [-0.4, -0.2) is 32.7 Å². The lowest BCUT2D eigenvalue weighted by atomic mass is 10.4. The van der Waals surface area contributed by atoms with E-state index in [1.54, 1.807) is 6.92 Å². The van der Waals surface area contributed by atoms with Crippen LogP contribution in [0.1, 0.15) is 13.8 Å². The van der Waals surface area contributed by atoms with Crippen molar-refractivity contribution in [1.29, 1.82) is 0 Å². The highest BCUT2D eigenvalue weighted by molar-refractivity contribution is 9.10. The Labute approximate surface area is 121 Å². The molecule has 19 heavy (non-hydrogen) atoms. The molecule has 7 nitrogen and oxygen atoms in total. The molecular weight excluding hydrogens is 336 g/mol. The number of rotatable bonds is 7. The average Bonchev–Trinajstić information content (AvgIpc) is 2.37. The first-order valence-electron chi connectivity index (χ1n) is 5.64. The molecule has 0 aliphatic rings. The molecule has 1 aromatic rings. The number of sulfonamides is 1. The Balaban J connectivity index is 2.91. The molecule has 0 spiro atoms. The summed E-state index contributed by atoms with van der Waals surface area (Å²) in [7, 11) is -3.70. The Morgan fingerprint density at radius 3 is 2.84 bits per heavy atom. The lowest BCUT2D eigenvalue weighted by molar-refractivity contribution is 0.0799. The fourth-order valence-corrected chi connectivity index (χ4v) is 3.12. The summed E-state index contributed by atoms with van der Waals surface area (Å²) in [4.78, 5) is 3.87. The van der Waals surface area contributed by atoms with Gasteiger partial charge in [0.15, 0.2) is 5.82 Å². The van der Waals surface area contributed by atoms with Gasteiger partial charge in [-0.15, -0.1) is 0 Å². The van der Waals surface area contributed by atoms with E-state index < -0.39 is 10.0 Å². The Bertz CT molecular complexity index is 524. The van der Waals surface area contributed by atoms with Crippen molar-refractivity contribution in [3.63, 3.8) is 0 Å². The third-order valence-corrected chi connectivity index (χ3v) is 4.13. The maximum absolute atomic E-state index is 12.1. The maximum Gasteiger partial charge on any atom is 0.244 e. The van der Waals surface area contributed by atoms with E-state index in [2.05, 4.69) is 31.1 Å². The van der Waals surface area contributed by atoms with Gasteiger partial charge in [0.2, 0.25) is 10.0 Å². The van der Waals surface area contributed by atoms with Gasteiger partial charge in [-0.1, -0.05) is 0 Å². The van der Waals surface area contributed by atoms with E-state index in [0.29, 0.717) is 11.1 Å². The summed E-state index contributed by atoms with van der Waals surface area (Å²) < 4.78 is 32.6. The van der Waals surface area contributed by atoms with Gasteiger partial charge in [0.25, 0.3) is 0 Å². The predicted octanol–water partition coefficient (Wildman–Crippen LogP) is 0.833. The molecule has 0 amide bonds. The van der Waals surface area contributed by atoms with Crippen molar-refractivity contribution in [1.82, 2.24) is 9.71 Å². The van der Waals surface area contributed by atoms with Crippen LogP contribution >= 0.6 is 15.9 Å². The van der Waals surface area contributed by atoms with Crippen LogP contribution in [0, 0.1) is 0 Å². The number of hydrazine groups is 1. The van der Waals surface area contributed by atoms with Crippen LogP contribution in [0.4, 0.5) is 5.82 Å². The van der Waals surface area contributed by atoms with E-state index in [-0.39, 0.29) is 23.4 Å². The molecule has 1 rings (SSSR count). The summed E-state index contributed by atoms with van der Waals surface area (Å²) in [5.41, 5.74) is 2.26. The molecule has 108 valence electrons. The van der Waals surface area contributed by atoms with Gasteiger partial charge in [-0.2, -0.15) is 0 Å². The number of hydrogen-bond donors (Lipinski definition) is 3. The maximum atomic E-state index is 12.1. The first-order valence-corrected chi connectivity index (χ1v) is 7.91. The first kappa shape index (κ1) is 16.3. The highest BCUT2D eigenvalue weighted by Gasteiger charge is 2.20. The molecule has 9 heteroatoms. The molecule has 4 N–H and O–H groups in total. The van der Waals surface area contributed by atoms with Crippen LogP contribution in [0.5, 0.6) is 0 Å². The minimum absolute atomic E-state index is 0.0203. The zero-order valence-corrected chi connectivity index (χ0v) is 13.1. The Hall–Kier alpha value is -0.740. The third-order valence-electron chi connectivity index (χ3n) is 2.26. The van der Waals surface area contributed by atoms with Crippen LogP contribution in [0.15, 0.2) is 21.6 Å². The first-order chi connectivity index (χ1) is 8.90. The van der Waals surface area contributed by atoms with Gasteiger partial charge in [-0.3, -0.25) is 0 Å². The molecule has 1 atom stereocenters. The zero-order valence-electron chi connectivity index (χ0n) is 10.7. The molecular formula is C10H17BrN4O3S. The highest BCUT2D eigenvalue weighted by atomic mass is 79.9. The van der Waals surface area contributed by atoms with E-state index in [0.717, 1.165) is 0 Å². The van der Waals surface area contributed by atoms with E-state index >= 15 is 0 Å². The third kappa shape index (κ3) is 4.69. The lowest BCUT2D eigenvalue weighted by Gasteiger charge is -2.14. The number of ether oxygens (including phenoxy) is 1. The number of nitrogens with zero attached hydrogens (tertiary/aromatic N) is 1. The van der Waals surface area contributed by atoms with Gasteiger partial charge < -0.3 is 10.2 Å². The lowest BCUT2D eigenvalue weighted by Crippen LogP contribution is -2.33. The SMILES string of the molecule is CCOC(C)CNS(=O)(=O)c1cc(Br)cnc1NN. The van der Waals surface area contributed by atoms with Crippen LogP contribution in [0.2, 0.25) is 0 Å². The number of hydrogen-bond acceptors (Lipinski definition) is 6. The quantitative estimate of drug-likeness (QED) is 0.495. The Kier molecular flexibility index (Phi) is 6.14. The molecule has 0 aliphatic carbocycles. The number of nitrogens with two attached hydrogens (primary N) is 1. The summed E-state index contributed by atoms with van der Waals surface area (Å²) in [6.07, 6.45) is 1.24. The fraction of sp³-hybridized carbons (Fsp3) is 0.500. The van der Waals surface area contributed by atoms with Crippen molar-refractivity contribution in [2.24, 2.45) is 5.84 Å². The van der Waals surface area contributed by atoms with E-state index in [9.17, 15) is 8.42 Å². The number of nitrogens with one attached hydrogen (secondary N) is 2. The molecule has 0 saturated carbocycles. The summed E-state index contributed by atoms with van der Waals surface area (Å²) in [6, 6.07) is 1.43. The normalized spacial score (nSPS) is 13.3. The molecule has 0 aromatic carbocycles. The molecule has 1 aromatic heterocycles. The van der Waals surface area contributed by atoms with Crippen molar-refractivity contribution < 1.29 is 13.2 Å². The second-order valence-electron chi connectivity index (χ2n) is 3.76. The Morgan fingerprint density at radius 1 is 1.58 bits per heavy atom. The van der Waals surface area contributed by atoms with Crippen molar-refractivity contribution in [2.45, 2.75) is 24.8 Å². The number of aromatic nitrogens is 1. The predicted molar refractivity (Wildman–Crippen MR) is 76.0 cm³/mol. The largest absolute Gasteiger partial charge is 0.377 e. The van der Waals surface area contributed by atoms with Crippen LogP contribution in [0.25, 0.3) is 0 Å². The molecule has 1 heterocycles. The molecule has 0 aliphatic heterocycles. The summed E-state index contributed by atoms with van der Waals surface area (Å²) in [6.45, 7) is 4.33. The minimum atomic E-state index is -3.70. The van der Waals surface area contributed by atoms with Gasteiger partial charge >= 0.3 is 0 Å². The van der Waals surface area contributed by atoms with E-state index in [1.165, 1.54) is 12.3 Å². The number of nitrogen functional groups attached to an aromatic ring is 1. The van der Waals surface area contributed by atoms with Crippen molar-refractivity contribution in [2.75, 3.05) is 18.6 Å². The monoisotopic (exact) mass is 352 g/mol. The topological polar surface area (TPSA) is 106 Å². The van der Waals surface area contributed by atoms with Gasteiger partial charge in [0, 0.05) is 23.8 Å². The zero-order chi connectivity index (χ0) is 14.5. The smallest absolute Gasteiger partial charge is 0.244 e. The van der Waals surface area contributed by atoms with Crippen molar-refractivity contribution in [3.8, 4) is 0 Å². The van der Waals surface area contributed by atoms with Crippen molar-refractivity contribution in [3.05, 3.63) is 16.7 Å². The van der Waals surface area contributed by atoms with E-state index in [1.807, 2.05) is 6.92 Å². The number of halogens is 1. The second-order valence-corrected chi connectivity index (χ2v) is 6.41. The van der Waals surface area contributed by atoms with E-state index in [4.69, 9.17) is 10.6 Å². The van der Waals surface area contributed by atoms with Gasteiger partial charge in [-0.25, -0.2) is 24.0 Å². The molecule has 0 bridgehead atoms. The average molecular weight is 353 g/mol. The standard InChI is InChI=1S/C10H17BrN4O3S/c1-3-18-7(2)5-14-19(16,17)9-4-8(11)6-13-10(9)15-12/h4,6-7,14H,3,5,12H2,1-2H3,(H,13,15). The van der Waals surface area contributed by atoms with Crippen LogP contribution in [0.3, 0.4) is 0 Å². The second kappa shape index (κ2) is 7.15.